The van der Waals surface area contributed by atoms with Gasteiger partial charge in [0, 0.05) is 7.11 Å². The molecular weight excluding hydrogens is 164 g/mol. The number of ether oxygens (including phenoxy) is 3. The zero-order chi connectivity index (χ0) is 8.72. The lowest BCUT2D eigenvalue weighted by Crippen LogP contribution is -2.65. The van der Waals surface area contributed by atoms with Crippen LogP contribution >= 0.6 is 0 Å². The van der Waals surface area contributed by atoms with Gasteiger partial charge in [-0.25, -0.2) is 0 Å². The molecular formula is C7H12O5. The van der Waals surface area contributed by atoms with Crippen LogP contribution in [0.15, 0.2) is 0 Å². The van der Waals surface area contributed by atoms with Crippen LogP contribution in [-0.2, 0) is 14.2 Å². The van der Waals surface area contributed by atoms with E-state index in [-0.39, 0.29) is 0 Å². The number of hydrogen-bond donors (Lipinski definition) is 2. The van der Waals surface area contributed by atoms with Crippen molar-refractivity contribution in [2.45, 2.75) is 30.7 Å². The molecule has 3 aliphatic heterocycles. The second-order valence-electron chi connectivity index (χ2n) is 3.06. The zero-order valence-electron chi connectivity index (χ0n) is 6.71. The molecule has 3 rings (SSSR count). The van der Waals surface area contributed by atoms with Gasteiger partial charge in [0.1, 0.15) is 24.4 Å². The van der Waals surface area contributed by atoms with Crippen molar-refractivity contribution < 1.29 is 24.4 Å². The molecule has 0 saturated carbocycles. The molecule has 2 bridgehead atoms. The summed E-state index contributed by atoms with van der Waals surface area (Å²) >= 11 is 0. The van der Waals surface area contributed by atoms with Crippen LogP contribution < -0.4 is 0 Å². The van der Waals surface area contributed by atoms with E-state index in [4.69, 9.17) is 14.2 Å². The molecule has 12 heavy (non-hydrogen) atoms. The van der Waals surface area contributed by atoms with Gasteiger partial charge in [-0.3, -0.25) is 0 Å². The number of aliphatic hydroxyl groups is 2. The molecule has 3 heterocycles. The highest BCUT2D eigenvalue weighted by Crippen LogP contribution is 2.29. The van der Waals surface area contributed by atoms with Gasteiger partial charge in [0.15, 0.2) is 6.29 Å². The quantitative estimate of drug-likeness (QED) is 0.507. The molecule has 0 aromatic rings. The van der Waals surface area contributed by atoms with Crippen molar-refractivity contribution in [3.63, 3.8) is 0 Å². The van der Waals surface area contributed by atoms with Gasteiger partial charge in [0.25, 0.3) is 0 Å². The largest absolute Gasteiger partial charge is 0.387 e. The first-order valence-corrected chi connectivity index (χ1v) is 3.90. The van der Waals surface area contributed by atoms with Crippen LogP contribution in [0.3, 0.4) is 0 Å². The molecule has 3 fully saturated rings. The molecule has 0 aliphatic carbocycles. The van der Waals surface area contributed by atoms with Crippen molar-refractivity contribution >= 4 is 0 Å². The zero-order valence-corrected chi connectivity index (χ0v) is 6.71. The first-order valence-electron chi connectivity index (χ1n) is 3.90. The predicted octanol–water partition coefficient (Wildman–Crippen LogP) is -1.52. The Morgan fingerprint density at radius 3 is 2.67 bits per heavy atom. The Morgan fingerprint density at radius 2 is 2.08 bits per heavy atom. The minimum atomic E-state index is -0.901. The van der Waals surface area contributed by atoms with Crippen molar-refractivity contribution in [2.24, 2.45) is 0 Å². The number of hydrogen-bond acceptors (Lipinski definition) is 5. The van der Waals surface area contributed by atoms with Crippen LogP contribution in [0.25, 0.3) is 0 Å². The summed E-state index contributed by atoms with van der Waals surface area (Å²) in [5, 5.41) is 18.8. The third-order valence-electron chi connectivity index (χ3n) is 2.33. The maximum atomic E-state index is 9.43. The highest BCUT2D eigenvalue weighted by Gasteiger charge is 2.50. The van der Waals surface area contributed by atoms with Crippen LogP contribution in [0.5, 0.6) is 0 Å². The maximum absolute atomic E-state index is 9.43. The Kier molecular flexibility index (Phi) is 2.05. The summed E-state index contributed by atoms with van der Waals surface area (Å²) in [6.45, 7) is 0.322. The number of rotatable bonds is 1. The minimum absolute atomic E-state index is 0.322. The summed E-state index contributed by atoms with van der Waals surface area (Å²) in [5.41, 5.74) is 0. The highest BCUT2D eigenvalue weighted by molar-refractivity contribution is 4.94. The summed E-state index contributed by atoms with van der Waals surface area (Å²) in [6, 6.07) is 0. The molecule has 3 aliphatic rings. The van der Waals surface area contributed by atoms with Crippen molar-refractivity contribution in [1.29, 1.82) is 0 Å². The summed E-state index contributed by atoms with van der Waals surface area (Å²) < 4.78 is 15.4. The lowest BCUT2D eigenvalue weighted by Gasteiger charge is -2.46. The topological polar surface area (TPSA) is 68.2 Å². The summed E-state index contributed by atoms with van der Waals surface area (Å²) in [7, 11) is 1.48. The van der Waals surface area contributed by atoms with E-state index in [9.17, 15) is 10.2 Å². The molecule has 0 aromatic carbocycles. The lowest BCUT2D eigenvalue weighted by atomic mass is 9.96. The average Bonchev–Trinajstić information content (AvgIpc) is 2.12. The SMILES string of the molecule is CO[C@H]1O[C@@H]2CO[C@H]1[C@H](O)[C@@H]2O. The summed E-state index contributed by atoms with van der Waals surface area (Å²) in [4.78, 5) is 0. The molecule has 70 valence electrons. The van der Waals surface area contributed by atoms with E-state index in [1.807, 2.05) is 0 Å². The smallest absolute Gasteiger partial charge is 0.186 e. The fraction of sp³-hybridized carbons (Fsp3) is 1.00. The average molecular weight is 176 g/mol. The van der Waals surface area contributed by atoms with E-state index in [1.54, 1.807) is 0 Å². The van der Waals surface area contributed by atoms with Crippen LogP contribution in [0.4, 0.5) is 0 Å². The fourth-order valence-electron chi connectivity index (χ4n) is 1.62. The molecule has 0 radical (unpaired) electrons. The van der Waals surface area contributed by atoms with E-state index in [0.29, 0.717) is 6.61 Å². The van der Waals surface area contributed by atoms with Gasteiger partial charge in [0.05, 0.1) is 6.61 Å². The summed E-state index contributed by atoms with van der Waals surface area (Å²) in [6.07, 6.45) is -3.33. The molecule has 5 heteroatoms. The number of aliphatic hydroxyl groups excluding tert-OH is 2. The molecule has 5 nitrogen and oxygen atoms in total. The maximum Gasteiger partial charge on any atom is 0.186 e. The Balaban J connectivity index is 2.12. The third kappa shape index (κ3) is 1.06. The van der Waals surface area contributed by atoms with E-state index in [1.165, 1.54) is 7.11 Å². The second kappa shape index (κ2) is 2.93. The molecule has 0 amide bonds. The Morgan fingerprint density at radius 1 is 1.33 bits per heavy atom. The fourth-order valence-corrected chi connectivity index (χ4v) is 1.62. The first-order chi connectivity index (χ1) is 5.74. The third-order valence-corrected chi connectivity index (χ3v) is 2.33. The lowest BCUT2D eigenvalue weighted by molar-refractivity contribution is -0.349. The van der Waals surface area contributed by atoms with Gasteiger partial charge in [-0.05, 0) is 0 Å². The van der Waals surface area contributed by atoms with Gasteiger partial charge in [0.2, 0.25) is 0 Å². The first kappa shape index (κ1) is 8.40. The van der Waals surface area contributed by atoms with E-state index < -0.39 is 30.7 Å². The van der Waals surface area contributed by atoms with Gasteiger partial charge in [-0.2, -0.15) is 0 Å². The normalized spacial score (nSPS) is 52.8. The van der Waals surface area contributed by atoms with Crippen molar-refractivity contribution in [3.8, 4) is 0 Å². The van der Waals surface area contributed by atoms with Gasteiger partial charge in [-0.1, -0.05) is 0 Å². The standard InChI is InChI=1S/C7H12O5/c1-10-7-6-5(9)4(8)3(12-7)2-11-6/h3-9H,2H2,1H3/t3-,4-,5-,6+,7+/m1/s1. The number of fused-ring (bicyclic) bond motifs is 3. The monoisotopic (exact) mass is 176 g/mol. The summed E-state index contributed by atoms with van der Waals surface area (Å²) in [5.74, 6) is 0. The van der Waals surface area contributed by atoms with Gasteiger partial charge >= 0.3 is 0 Å². The Labute approximate surface area is 69.8 Å². The van der Waals surface area contributed by atoms with Crippen LogP contribution in [0.1, 0.15) is 0 Å². The van der Waals surface area contributed by atoms with Crippen LogP contribution in [0, 0.1) is 0 Å². The van der Waals surface area contributed by atoms with Crippen molar-refractivity contribution in [1.82, 2.24) is 0 Å². The molecule has 5 atom stereocenters. The van der Waals surface area contributed by atoms with E-state index in [0.717, 1.165) is 0 Å². The van der Waals surface area contributed by atoms with Crippen molar-refractivity contribution in [3.05, 3.63) is 0 Å². The predicted molar refractivity (Wildman–Crippen MR) is 37.4 cm³/mol. The van der Waals surface area contributed by atoms with Crippen molar-refractivity contribution in [2.75, 3.05) is 13.7 Å². The molecule has 0 aromatic heterocycles. The van der Waals surface area contributed by atoms with E-state index in [2.05, 4.69) is 0 Å². The molecule has 2 N–H and O–H groups in total. The molecule has 3 saturated heterocycles. The number of methoxy groups -OCH3 is 1. The molecule has 0 unspecified atom stereocenters. The Bertz CT molecular complexity index is 169. The van der Waals surface area contributed by atoms with Gasteiger partial charge in [-0.15, -0.1) is 0 Å². The highest BCUT2D eigenvalue weighted by atomic mass is 16.7. The van der Waals surface area contributed by atoms with E-state index >= 15 is 0 Å². The minimum Gasteiger partial charge on any atom is -0.387 e. The molecule has 0 spiro atoms. The van der Waals surface area contributed by atoms with Crippen LogP contribution in [-0.4, -0.2) is 54.6 Å². The van der Waals surface area contributed by atoms with Crippen LogP contribution in [0.2, 0.25) is 0 Å². The van der Waals surface area contributed by atoms with Gasteiger partial charge < -0.3 is 24.4 Å². The Hall–Kier alpha value is -0.200. The second-order valence-corrected chi connectivity index (χ2v) is 3.06.